The minimum absolute atomic E-state index is 0.0413. The molecule has 0 aliphatic carbocycles. The lowest BCUT2D eigenvalue weighted by Crippen LogP contribution is -2.52. The first-order chi connectivity index (χ1) is 13.2. The lowest BCUT2D eigenvalue weighted by molar-refractivity contribution is -0.140. The van der Waals surface area contributed by atoms with Gasteiger partial charge in [0, 0.05) is 32.7 Å². The summed E-state index contributed by atoms with van der Waals surface area (Å²) >= 11 is 0. The van der Waals surface area contributed by atoms with Crippen LogP contribution in [0.5, 0.6) is 0 Å². The maximum atomic E-state index is 12.8. The molecule has 2 aliphatic rings. The SMILES string of the molecule is O=C1CC(N2CCN(Cc3ccccc3)CC2)C(=O)N1Cc1ccccc1. The van der Waals surface area contributed by atoms with Crippen LogP contribution in [0.25, 0.3) is 0 Å². The van der Waals surface area contributed by atoms with Gasteiger partial charge in [-0.3, -0.25) is 24.3 Å². The Kier molecular flexibility index (Phi) is 5.32. The Bertz CT molecular complexity index is 786. The van der Waals surface area contributed by atoms with E-state index in [1.54, 1.807) is 0 Å². The number of likely N-dealkylation sites (tertiary alicyclic amines) is 1. The van der Waals surface area contributed by atoms with Crippen molar-refractivity contribution < 1.29 is 9.59 Å². The summed E-state index contributed by atoms with van der Waals surface area (Å²) in [4.78, 5) is 31.3. The lowest BCUT2D eigenvalue weighted by Gasteiger charge is -2.37. The molecule has 1 atom stereocenters. The number of hydrogen-bond donors (Lipinski definition) is 0. The average molecular weight is 363 g/mol. The topological polar surface area (TPSA) is 43.9 Å². The summed E-state index contributed by atoms with van der Waals surface area (Å²) in [6, 6.07) is 19.9. The van der Waals surface area contributed by atoms with E-state index in [9.17, 15) is 9.59 Å². The maximum absolute atomic E-state index is 12.8. The predicted molar refractivity (Wildman–Crippen MR) is 104 cm³/mol. The highest BCUT2D eigenvalue weighted by atomic mass is 16.2. The third kappa shape index (κ3) is 4.10. The molecule has 0 N–H and O–H groups in total. The number of rotatable bonds is 5. The van der Waals surface area contributed by atoms with Crippen molar-refractivity contribution in [2.45, 2.75) is 25.6 Å². The van der Waals surface area contributed by atoms with Crippen LogP contribution in [0.3, 0.4) is 0 Å². The molecule has 2 fully saturated rings. The maximum Gasteiger partial charge on any atom is 0.247 e. The zero-order valence-electron chi connectivity index (χ0n) is 15.5. The molecule has 2 amide bonds. The molecule has 5 nitrogen and oxygen atoms in total. The van der Waals surface area contributed by atoms with Crippen LogP contribution in [0, 0.1) is 0 Å². The molecule has 2 aromatic carbocycles. The van der Waals surface area contributed by atoms with Gasteiger partial charge in [-0.05, 0) is 11.1 Å². The zero-order chi connectivity index (χ0) is 18.6. The molecule has 0 radical (unpaired) electrons. The molecule has 2 aromatic rings. The Morgan fingerprint density at radius 1 is 0.741 bits per heavy atom. The monoisotopic (exact) mass is 363 g/mol. The van der Waals surface area contributed by atoms with E-state index in [0.29, 0.717) is 13.0 Å². The van der Waals surface area contributed by atoms with Gasteiger partial charge in [0.15, 0.2) is 0 Å². The fraction of sp³-hybridized carbons (Fsp3) is 0.364. The van der Waals surface area contributed by atoms with Gasteiger partial charge < -0.3 is 0 Å². The fourth-order valence-electron chi connectivity index (χ4n) is 3.96. The molecule has 4 rings (SSSR count). The number of carbonyl (C=O) groups excluding carboxylic acids is 2. The Hall–Kier alpha value is -2.50. The van der Waals surface area contributed by atoms with Crippen molar-refractivity contribution in [1.29, 1.82) is 0 Å². The summed E-state index contributed by atoms with van der Waals surface area (Å²) in [5.74, 6) is -0.0964. The van der Waals surface area contributed by atoms with Gasteiger partial charge in [-0.2, -0.15) is 0 Å². The van der Waals surface area contributed by atoms with Crippen LogP contribution in [0.2, 0.25) is 0 Å². The first-order valence-corrected chi connectivity index (χ1v) is 9.59. The third-order valence-corrected chi connectivity index (χ3v) is 5.50. The molecule has 0 saturated carbocycles. The number of amides is 2. The molecule has 27 heavy (non-hydrogen) atoms. The summed E-state index contributed by atoms with van der Waals surface area (Å²) in [7, 11) is 0. The van der Waals surface area contributed by atoms with Crippen LogP contribution in [0.4, 0.5) is 0 Å². The Morgan fingerprint density at radius 2 is 1.30 bits per heavy atom. The molecule has 0 aromatic heterocycles. The normalized spacial score (nSPS) is 21.8. The first kappa shape index (κ1) is 17.9. The molecule has 5 heteroatoms. The number of piperazine rings is 1. The summed E-state index contributed by atoms with van der Waals surface area (Å²) < 4.78 is 0. The summed E-state index contributed by atoms with van der Waals surface area (Å²) in [5, 5.41) is 0. The summed E-state index contributed by atoms with van der Waals surface area (Å²) in [6.45, 7) is 4.82. The van der Waals surface area contributed by atoms with E-state index in [-0.39, 0.29) is 17.9 Å². The largest absolute Gasteiger partial charge is 0.297 e. The van der Waals surface area contributed by atoms with E-state index in [4.69, 9.17) is 0 Å². The van der Waals surface area contributed by atoms with Gasteiger partial charge in [-0.1, -0.05) is 60.7 Å². The Balaban J connectivity index is 1.33. The van der Waals surface area contributed by atoms with Gasteiger partial charge in [-0.15, -0.1) is 0 Å². The van der Waals surface area contributed by atoms with Crippen LogP contribution in [-0.2, 0) is 22.7 Å². The van der Waals surface area contributed by atoms with Gasteiger partial charge in [0.25, 0.3) is 0 Å². The number of benzene rings is 2. The van der Waals surface area contributed by atoms with Crippen molar-refractivity contribution in [2.24, 2.45) is 0 Å². The molecule has 2 saturated heterocycles. The van der Waals surface area contributed by atoms with Gasteiger partial charge in [0.1, 0.15) is 0 Å². The number of nitrogens with zero attached hydrogens (tertiary/aromatic N) is 3. The van der Waals surface area contributed by atoms with Gasteiger partial charge in [0.05, 0.1) is 19.0 Å². The standard InChI is InChI=1S/C22H25N3O2/c26-21-15-20(22(27)25(21)17-19-9-5-2-6-10-19)24-13-11-23(12-14-24)16-18-7-3-1-4-8-18/h1-10,20H,11-17H2. The summed E-state index contributed by atoms with van der Waals surface area (Å²) in [5.41, 5.74) is 2.31. The van der Waals surface area contributed by atoms with Crippen molar-refractivity contribution in [3.63, 3.8) is 0 Å². The highest BCUT2D eigenvalue weighted by Gasteiger charge is 2.42. The molecule has 1 unspecified atom stereocenters. The lowest BCUT2D eigenvalue weighted by atomic mass is 10.1. The predicted octanol–water partition coefficient (Wildman–Crippen LogP) is 2.13. The molecule has 2 aliphatic heterocycles. The molecule has 2 heterocycles. The second kappa shape index (κ2) is 8.03. The van der Waals surface area contributed by atoms with Crippen LogP contribution in [0.15, 0.2) is 60.7 Å². The van der Waals surface area contributed by atoms with Crippen LogP contribution in [0.1, 0.15) is 17.5 Å². The average Bonchev–Trinajstić information content (AvgIpc) is 2.98. The summed E-state index contributed by atoms with van der Waals surface area (Å²) in [6.07, 6.45) is 0.310. The Morgan fingerprint density at radius 3 is 1.89 bits per heavy atom. The van der Waals surface area contributed by atoms with E-state index in [1.807, 2.05) is 36.4 Å². The van der Waals surface area contributed by atoms with E-state index in [0.717, 1.165) is 38.3 Å². The highest BCUT2D eigenvalue weighted by molar-refractivity contribution is 6.05. The minimum atomic E-state index is -0.292. The molecular weight excluding hydrogens is 338 g/mol. The molecule has 140 valence electrons. The number of carbonyl (C=O) groups is 2. The van der Waals surface area contributed by atoms with Crippen LogP contribution < -0.4 is 0 Å². The van der Waals surface area contributed by atoms with E-state index in [1.165, 1.54) is 10.5 Å². The van der Waals surface area contributed by atoms with Gasteiger partial charge in [-0.25, -0.2) is 0 Å². The van der Waals surface area contributed by atoms with Crippen molar-refractivity contribution in [3.8, 4) is 0 Å². The second-order valence-electron chi connectivity index (χ2n) is 7.32. The van der Waals surface area contributed by atoms with E-state index >= 15 is 0 Å². The van der Waals surface area contributed by atoms with Gasteiger partial charge >= 0.3 is 0 Å². The van der Waals surface area contributed by atoms with Crippen LogP contribution in [-0.4, -0.2) is 58.7 Å². The van der Waals surface area contributed by atoms with E-state index in [2.05, 4.69) is 34.1 Å². The van der Waals surface area contributed by atoms with Crippen molar-refractivity contribution in [3.05, 3.63) is 71.8 Å². The third-order valence-electron chi connectivity index (χ3n) is 5.50. The first-order valence-electron chi connectivity index (χ1n) is 9.59. The molecule has 0 bridgehead atoms. The fourth-order valence-corrected chi connectivity index (χ4v) is 3.96. The van der Waals surface area contributed by atoms with E-state index < -0.39 is 0 Å². The second-order valence-corrected chi connectivity index (χ2v) is 7.32. The zero-order valence-corrected chi connectivity index (χ0v) is 15.5. The molecular formula is C22H25N3O2. The number of imide groups is 1. The van der Waals surface area contributed by atoms with Crippen molar-refractivity contribution in [2.75, 3.05) is 26.2 Å². The highest BCUT2D eigenvalue weighted by Crippen LogP contribution is 2.22. The number of hydrogen-bond acceptors (Lipinski definition) is 4. The van der Waals surface area contributed by atoms with Crippen molar-refractivity contribution in [1.82, 2.24) is 14.7 Å². The van der Waals surface area contributed by atoms with Gasteiger partial charge in [0.2, 0.25) is 11.8 Å². The minimum Gasteiger partial charge on any atom is -0.297 e. The van der Waals surface area contributed by atoms with Crippen LogP contribution >= 0.6 is 0 Å². The van der Waals surface area contributed by atoms with Crippen molar-refractivity contribution >= 4 is 11.8 Å². The quantitative estimate of drug-likeness (QED) is 0.764. The smallest absolute Gasteiger partial charge is 0.247 e. The Labute approximate surface area is 160 Å². The molecule has 0 spiro atoms.